The lowest BCUT2D eigenvalue weighted by molar-refractivity contribution is 0.276. The smallest absolute Gasteiger partial charge is 0.0223 e. The molecule has 2 rings (SSSR count). The van der Waals surface area contributed by atoms with Crippen LogP contribution >= 0.6 is 0 Å². The van der Waals surface area contributed by atoms with Gasteiger partial charge in [-0.3, -0.25) is 0 Å². The molecule has 2 aromatic rings. The summed E-state index contributed by atoms with van der Waals surface area (Å²) in [6.45, 7) is 6.88. The zero-order valence-corrected chi connectivity index (χ0v) is 22.2. The van der Waals surface area contributed by atoms with Crippen molar-refractivity contribution in [3.63, 3.8) is 0 Å². The second-order valence-corrected chi connectivity index (χ2v) is 10.5. The van der Waals surface area contributed by atoms with Gasteiger partial charge in [-0.2, -0.15) is 0 Å². The quantitative estimate of drug-likeness (QED) is 0.211. The van der Waals surface area contributed by atoms with Gasteiger partial charge in [0.15, 0.2) is 0 Å². The Hall–Kier alpha value is -1.34. The number of unbranched alkanes of at least 4 members (excludes halogenated alkanes) is 11. The zero-order valence-electron chi connectivity index (χ0n) is 22.2. The molecule has 0 aliphatic rings. The van der Waals surface area contributed by atoms with Gasteiger partial charge in [0, 0.05) is 11.5 Å². The van der Waals surface area contributed by atoms with Crippen LogP contribution in [0.1, 0.15) is 141 Å². The summed E-state index contributed by atoms with van der Waals surface area (Å²) in [4.78, 5) is 0. The molecule has 0 bridgehead atoms. The first-order chi connectivity index (χ1) is 16.2. The van der Waals surface area contributed by atoms with E-state index >= 15 is 0 Å². The van der Waals surface area contributed by atoms with Crippen LogP contribution < -0.4 is 5.73 Å². The minimum Gasteiger partial charge on any atom is -0.325 e. The minimum atomic E-state index is -0.0919. The highest BCUT2D eigenvalue weighted by atomic mass is 14.8. The van der Waals surface area contributed by atoms with Crippen LogP contribution in [-0.4, -0.2) is 5.54 Å². The van der Waals surface area contributed by atoms with Crippen molar-refractivity contribution in [1.82, 2.24) is 0 Å². The molecule has 0 spiro atoms. The molecule has 0 aliphatic carbocycles. The minimum absolute atomic E-state index is 0.0919. The van der Waals surface area contributed by atoms with Gasteiger partial charge in [-0.25, -0.2) is 0 Å². The third-order valence-electron chi connectivity index (χ3n) is 7.67. The molecule has 0 aromatic heterocycles. The SMILES string of the molecule is CCCCCCCCCCCCCCC(c1cccc2ccccc12)C(N)(CCC)CCC. The first-order valence-corrected chi connectivity index (χ1v) is 14.4. The number of fused-ring (bicyclic) bond motifs is 1. The van der Waals surface area contributed by atoms with E-state index in [1.807, 2.05) is 0 Å². The molecule has 0 heterocycles. The Balaban J connectivity index is 1.89. The average molecular weight is 452 g/mol. The molecule has 2 aromatic carbocycles. The highest BCUT2D eigenvalue weighted by Crippen LogP contribution is 2.40. The van der Waals surface area contributed by atoms with Crippen LogP contribution in [0.3, 0.4) is 0 Å². The maximum absolute atomic E-state index is 7.23. The first-order valence-electron chi connectivity index (χ1n) is 14.4. The normalized spacial score (nSPS) is 13.0. The third-order valence-corrected chi connectivity index (χ3v) is 7.67. The van der Waals surface area contributed by atoms with E-state index in [1.54, 1.807) is 0 Å². The van der Waals surface area contributed by atoms with Crippen molar-refractivity contribution in [3.8, 4) is 0 Å². The van der Waals surface area contributed by atoms with E-state index < -0.39 is 0 Å². The van der Waals surface area contributed by atoms with Crippen LogP contribution in [-0.2, 0) is 0 Å². The molecule has 0 fully saturated rings. The van der Waals surface area contributed by atoms with Gasteiger partial charge in [-0.1, -0.05) is 153 Å². The van der Waals surface area contributed by atoms with Gasteiger partial charge >= 0.3 is 0 Å². The molecule has 1 heteroatoms. The topological polar surface area (TPSA) is 26.0 Å². The van der Waals surface area contributed by atoms with Crippen molar-refractivity contribution in [1.29, 1.82) is 0 Å². The largest absolute Gasteiger partial charge is 0.325 e. The number of hydrogen-bond donors (Lipinski definition) is 1. The lowest BCUT2D eigenvalue weighted by Crippen LogP contribution is -2.45. The summed E-state index contributed by atoms with van der Waals surface area (Å²) >= 11 is 0. The molecule has 1 atom stereocenters. The van der Waals surface area contributed by atoms with Crippen molar-refractivity contribution in [3.05, 3.63) is 48.0 Å². The predicted molar refractivity (Wildman–Crippen MR) is 149 cm³/mol. The molecule has 0 aliphatic heterocycles. The fraction of sp³-hybridized carbons (Fsp3) is 0.688. The van der Waals surface area contributed by atoms with Crippen molar-refractivity contribution in [2.24, 2.45) is 5.73 Å². The monoisotopic (exact) mass is 451 g/mol. The Kier molecular flexibility index (Phi) is 13.8. The molecule has 2 N–H and O–H groups in total. The van der Waals surface area contributed by atoms with Gasteiger partial charge in [0.2, 0.25) is 0 Å². The average Bonchev–Trinajstić information content (AvgIpc) is 2.82. The van der Waals surface area contributed by atoms with Crippen molar-refractivity contribution < 1.29 is 0 Å². The molecule has 0 saturated heterocycles. The Morgan fingerprint density at radius 2 is 1.12 bits per heavy atom. The van der Waals surface area contributed by atoms with Crippen molar-refractivity contribution in [2.75, 3.05) is 0 Å². The van der Waals surface area contributed by atoms with Gasteiger partial charge in [0.05, 0.1) is 0 Å². The second-order valence-electron chi connectivity index (χ2n) is 10.5. The van der Waals surface area contributed by atoms with Gasteiger partial charge in [-0.15, -0.1) is 0 Å². The van der Waals surface area contributed by atoms with Crippen molar-refractivity contribution in [2.45, 2.75) is 141 Å². The molecular weight excluding hydrogens is 398 g/mol. The summed E-state index contributed by atoms with van der Waals surface area (Å²) in [5.74, 6) is 0.451. The number of rotatable bonds is 19. The van der Waals surface area contributed by atoms with E-state index in [0.717, 1.165) is 25.7 Å². The molecule has 1 nitrogen and oxygen atoms in total. The molecule has 33 heavy (non-hydrogen) atoms. The Morgan fingerprint density at radius 1 is 0.606 bits per heavy atom. The van der Waals surface area contributed by atoms with E-state index in [2.05, 4.69) is 63.2 Å². The maximum Gasteiger partial charge on any atom is 0.0223 e. The van der Waals surface area contributed by atoms with E-state index in [0.29, 0.717) is 5.92 Å². The number of benzene rings is 2. The molecule has 0 radical (unpaired) electrons. The zero-order chi connectivity index (χ0) is 23.8. The summed E-state index contributed by atoms with van der Waals surface area (Å²) in [7, 11) is 0. The van der Waals surface area contributed by atoms with Crippen LogP contribution in [0.15, 0.2) is 42.5 Å². The fourth-order valence-electron chi connectivity index (χ4n) is 5.90. The lowest BCUT2D eigenvalue weighted by Gasteiger charge is -2.39. The lowest BCUT2D eigenvalue weighted by atomic mass is 9.71. The second kappa shape index (κ2) is 16.3. The van der Waals surface area contributed by atoms with Crippen LogP contribution in [0.25, 0.3) is 10.8 Å². The van der Waals surface area contributed by atoms with Gasteiger partial charge < -0.3 is 5.73 Å². The van der Waals surface area contributed by atoms with E-state index in [-0.39, 0.29) is 5.54 Å². The third kappa shape index (κ3) is 9.44. The van der Waals surface area contributed by atoms with Crippen molar-refractivity contribution >= 4 is 10.8 Å². The number of hydrogen-bond acceptors (Lipinski definition) is 1. The predicted octanol–water partition coefficient (Wildman–Crippen LogP) is 10.3. The first kappa shape index (κ1) is 27.9. The fourth-order valence-corrected chi connectivity index (χ4v) is 5.90. The molecule has 0 amide bonds. The molecule has 0 saturated carbocycles. The number of nitrogens with two attached hydrogens (primary N) is 1. The van der Waals surface area contributed by atoms with Gasteiger partial charge in [-0.05, 0) is 35.6 Å². The Morgan fingerprint density at radius 3 is 1.70 bits per heavy atom. The van der Waals surface area contributed by atoms with Gasteiger partial charge in [0.1, 0.15) is 0 Å². The van der Waals surface area contributed by atoms with Crippen LogP contribution in [0.2, 0.25) is 0 Å². The molecule has 186 valence electrons. The van der Waals surface area contributed by atoms with E-state index in [9.17, 15) is 0 Å². The Bertz CT molecular complexity index is 738. The van der Waals surface area contributed by atoms with Crippen LogP contribution in [0.4, 0.5) is 0 Å². The molecular formula is C32H53N. The van der Waals surface area contributed by atoms with Crippen LogP contribution in [0.5, 0.6) is 0 Å². The van der Waals surface area contributed by atoms with Crippen LogP contribution in [0, 0.1) is 0 Å². The van der Waals surface area contributed by atoms with Gasteiger partial charge in [0.25, 0.3) is 0 Å². The summed E-state index contributed by atoms with van der Waals surface area (Å²) in [6, 6.07) is 15.7. The highest BCUT2D eigenvalue weighted by Gasteiger charge is 2.34. The summed E-state index contributed by atoms with van der Waals surface area (Å²) in [5, 5.41) is 2.76. The molecule has 1 unspecified atom stereocenters. The van der Waals surface area contributed by atoms with E-state index in [1.165, 1.54) is 99.8 Å². The highest BCUT2D eigenvalue weighted by molar-refractivity contribution is 5.86. The van der Waals surface area contributed by atoms with E-state index in [4.69, 9.17) is 5.73 Å². The Labute approximate surface area is 205 Å². The summed E-state index contributed by atoms with van der Waals surface area (Å²) in [6.07, 6.45) is 22.6. The standard InChI is InChI=1S/C32H53N/c1-4-7-8-9-10-11-12-13-14-15-16-17-25-31(32(33,26-5-2)27-6-3)30-24-20-22-28-21-18-19-23-29(28)30/h18-24,31H,4-17,25-27,33H2,1-3H3. The summed E-state index contributed by atoms with van der Waals surface area (Å²) < 4.78 is 0. The summed E-state index contributed by atoms with van der Waals surface area (Å²) in [5.41, 5.74) is 8.62. The maximum atomic E-state index is 7.23.